The fourth-order valence-electron chi connectivity index (χ4n) is 1.63. The molecule has 2 heterocycles. The number of thiazole rings is 1. The van der Waals surface area contributed by atoms with Crippen molar-refractivity contribution in [3.8, 4) is 0 Å². The lowest BCUT2D eigenvalue weighted by atomic mass is 10.4. The van der Waals surface area contributed by atoms with Gasteiger partial charge in [-0.3, -0.25) is 0 Å². The molecule has 2 N–H and O–H groups in total. The number of nitrogens with zero attached hydrogens (tertiary/aromatic N) is 2. The highest BCUT2D eigenvalue weighted by atomic mass is 32.2. The number of hydrogen-bond acceptors (Lipinski definition) is 5. The van der Waals surface area contributed by atoms with E-state index in [0.29, 0.717) is 0 Å². The molecule has 2 aromatic heterocycles. The van der Waals surface area contributed by atoms with E-state index < -0.39 is 16.0 Å². The van der Waals surface area contributed by atoms with Crippen molar-refractivity contribution in [2.45, 2.75) is 18.4 Å². The summed E-state index contributed by atoms with van der Waals surface area (Å²) in [5, 5.41) is 9.77. The second-order valence-corrected chi connectivity index (χ2v) is 7.23. The van der Waals surface area contributed by atoms with Crippen molar-refractivity contribution in [3.63, 3.8) is 0 Å². The first-order chi connectivity index (χ1) is 9.29. The summed E-state index contributed by atoms with van der Waals surface area (Å²) in [5.41, 5.74) is -0.0843. The fraction of sp³-hybridized carbons (Fsp3) is 0.273. The Balaban J connectivity index is 2.18. The molecule has 108 valence electrons. The third-order valence-corrected chi connectivity index (χ3v) is 4.90. The van der Waals surface area contributed by atoms with Gasteiger partial charge in [-0.15, -0.1) is 11.3 Å². The summed E-state index contributed by atoms with van der Waals surface area (Å²) in [4.78, 5) is 15.7. The van der Waals surface area contributed by atoms with Crippen LogP contribution in [-0.2, 0) is 23.6 Å². The van der Waals surface area contributed by atoms with E-state index in [1.807, 2.05) is 6.92 Å². The van der Waals surface area contributed by atoms with E-state index in [-0.39, 0.29) is 17.1 Å². The van der Waals surface area contributed by atoms with E-state index in [9.17, 15) is 13.2 Å². The second kappa shape index (κ2) is 5.35. The molecule has 0 fully saturated rings. The lowest BCUT2D eigenvalue weighted by molar-refractivity contribution is 0.0686. The zero-order valence-electron chi connectivity index (χ0n) is 10.8. The summed E-state index contributed by atoms with van der Waals surface area (Å²) < 4.78 is 27.8. The van der Waals surface area contributed by atoms with Gasteiger partial charge >= 0.3 is 5.97 Å². The van der Waals surface area contributed by atoms with Crippen LogP contribution < -0.4 is 4.72 Å². The molecular weight excluding hydrogens is 302 g/mol. The minimum absolute atomic E-state index is 0.0707. The van der Waals surface area contributed by atoms with Crippen LogP contribution in [0, 0.1) is 6.92 Å². The number of nitrogens with one attached hydrogen (secondary N) is 1. The lowest BCUT2D eigenvalue weighted by Gasteiger charge is -2.02. The SMILES string of the molecule is Cc1ncc(CNS(=O)(=O)c2cc(C(=O)O)n(C)c2)s1. The van der Waals surface area contributed by atoms with Gasteiger partial charge in [0.1, 0.15) is 10.6 Å². The summed E-state index contributed by atoms with van der Waals surface area (Å²) in [6, 6.07) is 1.13. The van der Waals surface area contributed by atoms with Crippen LogP contribution in [0.4, 0.5) is 0 Å². The fourth-order valence-corrected chi connectivity index (χ4v) is 3.53. The Labute approximate surface area is 119 Å². The molecule has 2 aromatic rings. The Morgan fingerprint density at radius 1 is 1.55 bits per heavy atom. The summed E-state index contributed by atoms with van der Waals surface area (Å²) in [6.45, 7) is 1.96. The van der Waals surface area contributed by atoms with E-state index in [4.69, 9.17) is 5.11 Å². The Bertz CT molecular complexity index is 746. The number of carbonyl (C=O) groups is 1. The summed E-state index contributed by atoms with van der Waals surface area (Å²) >= 11 is 1.40. The molecule has 0 aromatic carbocycles. The van der Waals surface area contributed by atoms with E-state index >= 15 is 0 Å². The van der Waals surface area contributed by atoms with Crippen LogP contribution >= 0.6 is 11.3 Å². The van der Waals surface area contributed by atoms with Gasteiger partial charge < -0.3 is 9.67 Å². The third kappa shape index (κ3) is 3.06. The molecular formula is C11H13N3O4S2. The van der Waals surface area contributed by atoms with Crippen LogP contribution in [0.25, 0.3) is 0 Å². The molecule has 0 amide bonds. The number of carboxylic acids is 1. The lowest BCUT2D eigenvalue weighted by Crippen LogP contribution is -2.22. The van der Waals surface area contributed by atoms with Crippen molar-refractivity contribution in [2.75, 3.05) is 0 Å². The Kier molecular flexibility index (Phi) is 3.93. The van der Waals surface area contributed by atoms with Crippen molar-refractivity contribution in [3.05, 3.63) is 34.0 Å². The molecule has 20 heavy (non-hydrogen) atoms. The Morgan fingerprint density at radius 3 is 2.75 bits per heavy atom. The molecule has 0 spiro atoms. The number of hydrogen-bond donors (Lipinski definition) is 2. The normalized spacial score (nSPS) is 11.7. The molecule has 9 heteroatoms. The van der Waals surface area contributed by atoms with E-state index in [1.54, 1.807) is 6.20 Å². The molecule has 0 aliphatic carbocycles. The van der Waals surface area contributed by atoms with Crippen LogP contribution in [-0.4, -0.2) is 29.0 Å². The highest BCUT2D eigenvalue weighted by Gasteiger charge is 2.20. The molecule has 7 nitrogen and oxygen atoms in total. The van der Waals surface area contributed by atoms with Gasteiger partial charge in [0, 0.05) is 30.9 Å². The molecule has 0 saturated heterocycles. The Morgan fingerprint density at radius 2 is 2.25 bits per heavy atom. The first-order valence-corrected chi connectivity index (χ1v) is 7.90. The number of aromatic carboxylic acids is 1. The first-order valence-electron chi connectivity index (χ1n) is 5.60. The molecule has 0 aliphatic rings. The smallest absolute Gasteiger partial charge is 0.352 e. The Hall–Kier alpha value is -1.71. The molecule has 0 aliphatic heterocycles. The van der Waals surface area contributed by atoms with Gasteiger partial charge in [-0.1, -0.05) is 0 Å². The highest BCUT2D eigenvalue weighted by Crippen LogP contribution is 2.16. The number of sulfonamides is 1. The maximum Gasteiger partial charge on any atom is 0.352 e. The number of rotatable bonds is 5. The van der Waals surface area contributed by atoms with Gasteiger partial charge in [-0.25, -0.2) is 22.9 Å². The summed E-state index contributed by atoms with van der Waals surface area (Å²) in [7, 11) is -2.26. The van der Waals surface area contributed by atoms with Crippen molar-refractivity contribution >= 4 is 27.3 Å². The van der Waals surface area contributed by atoms with Crippen molar-refractivity contribution in [2.24, 2.45) is 7.05 Å². The van der Waals surface area contributed by atoms with Crippen molar-refractivity contribution in [1.29, 1.82) is 0 Å². The van der Waals surface area contributed by atoms with E-state index in [1.165, 1.54) is 29.1 Å². The predicted octanol–water partition coefficient (Wildman–Crippen LogP) is 0.967. The molecule has 0 radical (unpaired) electrons. The van der Waals surface area contributed by atoms with Crippen LogP contribution in [0.15, 0.2) is 23.4 Å². The van der Waals surface area contributed by atoms with Crippen LogP contribution in [0.1, 0.15) is 20.4 Å². The largest absolute Gasteiger partial charge is 0.477 e. The highest BCUT2D eigenvalue weighted by molar-refractivity contribution is 7.89. The molecule has 0 saturated carbocycles. The van der Waals surface area contributed by atoms with E-state index in [0.717, 1.165) is 16.0 Å². The zero-order valence-corrected chi connectivity index (χ0v) is 12.5. The molecule has 0 unspecified atom stereocenters. The van der Waals surface area contributed by atoms with Crippen molar-refractivity contribution < 1.29 is 18.3 Å². The third-order valence-electron chi connectivity index (χ3n) is 2.61. The van der Waals surface area contributed by atoms with Crippen LogP contribution in [0.2, 0.25) is 0 Å². The van der Waals surface area contributed by atoms with Crippen LogP contribution in [0.5, 0.6) is 0 Å². The monoisotopic (exact) mass is 315 g/mol. The topological polar surface area (TPSA) is 101 Å². The van der Waals surface area contributed by atoms with E-state index in [2.05, 4.69) is 9.71 Å². The minimum Gasteiger partial charge on any atom is -0.477 e. The average molecular weight is 315 g/mol. The number of aromatic nitrogens is 2. The van der Waals surface area contributed by atoms with Gasteiger partial charge in [0.2, 0.25) is 10.0 Å². The van der Waals surface area contributed by atoms with Gasteiger partial charge in [0.25, 0.3) is 0 Å². The predicted molar refractivity (Wildman–Crippen MR) is 73.2 cm³/mol. The standard InChI is InChI=1S/C11H13N3O4S2/c1-7-12-4-8(19-7)5-13-20(17,18)9-3-10(11(15)16)14(2)6-9/h3-4,6,13H,5H2,1-2H3,(H,15,16). The zero-order chi connectivity index (χ0) is 14.9. The summed E-state index contributed by atoms with van der Waals surface area (Å²) in [5.74, 6) is -1.17. The second-order valence-electron chi connectivity index (χ2n) is 4.15. The minimum atomic E-state index is -3.74. The first kappa shape index (κ1) is 14.7. The number of aryl methyl sites for hydroxylation is 2. The average Bonchev–Trinajstić information content (AvgIpc) is 2.93. The maximum atomic E-state index is 12.1. The van der Waals surface area contributed by atoms with Gasteiger partial charge in [-0.2, -0.15) is 0 Å². The van der Waals surface area contributed by atoms with Crippen LogP contribution in [0.3, 0.4) is 0 Å². The molecule has 0 bridgehead atoms. The van der Waals surface area contributed by atoms with Crippen molar-refractivity contribution in [1.82, 2.24) is 14.3 Å². The van der Waals surface area contributed by atoms with Gasteiger partial charge in [-0.05, 0) is 13.0 Å². The molecule has 2 rings (SSSR count). The quantitative estimate of drug-likeness (QED) is 0.856. The number of carboxylic acid groups (broad SMARTS) is 1. The van der Waals surface area contributed by atoms with Gasteiger partial charge in [0.15, 0.2) is 0 Å². The maximum absolute atomic E-state index is 12.1. The summed E-state index contributed by atoms with van der Waals surface area (Å²) in [6.07, 6.45) is 2.87. The molecule has 0 atom stereocenters. The van der Waals surface area contributed by atoms with Gasteiger partial charge in [0.05, 0.1) is 5.01 Å².